The van der Waals surface area contributed by atoms with Crippen LogP contribution in [0.2, 0.25) is 0 Å². The molecule has 0 unspecified atom stereocenters. The van der Waals surface area contributed by atoms with Crippen molar-refractivity contribution in [2.45, 2.75) is 70.8 Å². The van der Waals surface area contributed by atoms with E-state index in [1.807, 2.05) is 29.2 Å². The first-order valence-corrected chi connectivity index (χ1v) is 10.8. The Balaban J connectivity index is 1.36. The van der Waals surface area contributed by atoms with Crippen LogP contribution < -0.4 is 5.32 Å². The second kappa shape index (κ2) is 10.0. The Morgan fingerprint density at radius 3 is 2.37 bits per heavy atom. The molecule has 148 valence electrons. The van der Waals surface area contributed by atoms with E-state index >= 15 is 0 Å². The molecule has 1 aromatic carbocycles. The van der Waals surface area contributed by atoms with E-state index in [2.05, 4.69) is 12.2 Å². The van der Waals surface area contributed by atoms with E-state index in [4.69, 9.17) is 0 Å². The number of carbonyl (C=O) groups excluding carboxylic acids is 2. The Morgan fingerprint density at radius 2 is 1.74 bits per heavy atom. The van der Waals surface area contributed by atoms with Crippen LogP contribution in [0, 0.1) is 5.92 Å². The highest BCUT2D eigenvalue weighted by molar-refractivity contribution is 5.98. The number of unbranched alkanes of at least 4 members (excludes halogenated alkanes) is 1. The molecule has 1 saturated heterocycles. The minimum absolute atomic E-state index is 0.0753. The van der Waals surface area contributed by atoms with Gasteiger partial charge in [-0.05, 0) is 56.6 Å². The highest BCUT2D eigenvalue weighted by Crippen LogP contribution is 2.28. The average molecular weight is 371 g/mol. The van der Waals surface area contributed by atoms with Gasteiger partial charge in [-0.25, -0.2) is 0 Å². The number of rotatable bonds is 10. The molecule has 1 aliphatic carbocycles. The fourth-order valence-corrected chi connectivity index (χ4v) is 3.75. The summed E-state index contributed by atoms with van der Waals surface area (Å²) < 4.78 is 0. The molecule has 0 radical (unpaired) electrons. The molecule has 1 saturated carbocycles. The van der Waals surface area contributed by atoms with Gasteiger partial charge in [0, 0.05) is 37.5 Å². The molecule has 0 bridgehead atoms. The molecule has 0 atom stereocenters. The summed E-state index contributed by atoms with van der Waals surface area (Å²) in [6.45, 7) is 4.97. The van der Waals surface area contributed by atoms with Crippen molar-refractivity contribution in [1.82, 2.24) is 10.2 Å². The first-order chi connectivity index (χ1) is 13.2. The molecule has 1 N–H and O–H groups in total. The average Bonchev–Trinajstić information content (AvgIpc) is 3.54. The fourth-order valence-electron chi connectivity index (χ4n) is 3.75. The summed E-state index contributed by atoms with van der Waals surface area (Å²) in [7, 11) is 0. The molecular weight excluding hydrogens is 336 g/mol. The molecule has 1 amide bonds. The zero-order valence-corrected chi connectivity index (χ0v) is 16.7. The SMILES string of the molecule is CCCCc1ccc(C(=O)CCC(=O)N2CCC(NCC3CC3)CC2)cc1. The highest BCUT2D eigenvalue weighted by Gasteiger charge is 2.26. The lowest BCUT2D eigenvalue weighted by molar-refractivity contribution is -0.132. The maximum absolute atomic E-state index is 12.4. The van der Waals surface area contributed by atoms with E-state index in [9.17, 15) is 9.59 Å². The molecular formula is C23H34N2O2. The van der Waals surface area contributed by atoms with Crippen molar-refractivity contribution in [1.29, 1.82) is 0 Å². The number of hydrogen-bond acceptors (Lipinski definition) is 3. The summed E-state index contributed by atoms with van der Waals surface area (Å²) in [5, 5.41) is 3.64. The molecule has 4 nitrogen and oxygen atoms in total. The lowest BCUT2D eigenvalue weighted by Gasteiger charge is -2.32. The molecule has 27 heavy (non-hydrogen) atoms. The summed E-state index contributed by atoms with van der Waals surface area (Å²) >= 11 is 0. The van der Waals surface area contributed by atoms with Crippen LogP contribution >= 0.6 is 0 Å². The third kappa shape index (κ3) is 6.46. The van der Waals surface area contributed by atoms with Crippen LogP contribution in [0.15, 0.2) is 24.3 Å². The summed E-state index contributed by atoms with van der Waals surface area (Å²) in [4.78, 5) is 26.8. The van der Waals surface area contributed by atoms with Gasteiger partial charge in [0.15, 0.2) is 5.78 Å². The van der Waals surface area contributed by atoms with Crippen molar-refractivity contribution >= 4 is 11.7 Å². The number of nitrogens with one attached hydrogen (secondary N) is 1. The summed E-state index contributed by atoms with van der Waals surface area (Å²) in [6.07, 6.45) is 8.88. The van der Waals surface area contributed by atoms with Crippen molar-refractivity contribution in [3.8, 4) is 0 Å². The summed E-state index contributed by atoms with van der Waals surface area (Å²) in [6, 6.07) is 8.47. The largest absolute Gasteiger partial charge is 0.343 e. The van der Waals surface area contributed by atoms with Gasteiger partial charge in [0.25, 0.3) is 0 Å². The molecule has 3 rings (SSSR count). The van der Waals surface area contributed by atoms with Crippen molar-refractivity contribution in [3.05, 3.63) is 35.4 Å². The lowest BCUT2D eigenvalue weighted by atomic mass is 10.0. The van der Waals surface area contributed by atoms with Gasteiger partial charge in [-0.15, -0.1) is 0 Å². The number of aryl methyl sites for hydroxylation is 1. The number of benzene rings is 1. The van der Waals surface area contributed by atoms with Crippen LogP contribution in [0.4, 0.5) is 0 Å². The topological polar surface area (TPSA) is 49.4 Å². The second-order valence-corrected chi connectivity index (χ2v) is 8.23. The Bertz CT molecular complexity index is 614. The van der Waals surface area contributed by atoms with Crippen molar-refractivity contribution < 1.29 is 9.59 Å². The van der Waals surface area contributed by atoms with E-state index in [0.717, 1.165) is 50.4 Å². The first kappa shape index (κ1) is 20.1. The smallest absolute Gasteiger partial charge is 0.223 e. The van der Waals surface area contributed by atoms with Gasteiger partial charge in [0.1, 0.15) is 0 Å². The molecule has 1 aromatic rings. The van der Waals surface area contributed by atoms with Crippen LogP contribution in [-0.2, 0) is 11.2 Å². The van der Waals surface area contributed by atoms with Gasteiger partial charge in [-0.3, -0.25) is 9.59 Å². The van der Waals surface area contributed by atoms with E-state index in [0.29, 0.717) is 18.9 Å². The Labute approximate surface area is 163 Å². The monoisotopic (exact) mass is 370 g/mol. The molecule has 0 aromatic heterocycles. The Morgan fingerprint density at radius 1 is 1.04 bits per heavy atom. The number of hydrogen-bond donors (Lipinski definition) is 1. The molecule has 0 spiro atoms. The lowest BCUT2D eigenvalue weighted by Crippen LogP contribution is -2.45. The first-order valence-electron chi connectivity index (χ1n) is 10.8. The quantitative estimate of drug-likeness (QED) is 0.634. The minimum Gasteiger partial charge on any atom is -0.343 e. The predicted octanol–water partition coefficient (Wildman–Crippen LogP) is 3.98. The van der Waals surface area contributed by atoms with E-state index in [-0.39, 0.29) is 11.7 Å². The number of ketones is 1. The molecule has 2 aliphatic rings. The third-order valence-electron chi connectivity index (χ3n) is 5.90. The zero-order chi connectivity index (χ0) is 19.1. The number of Topliss-reactive ketones (excluding diaryl/α,β-unsaturated/α-hetero) is 1. The predicted molar refractivity (Wildman–Crippen MR) is 109 cm³/mol. The minimum atomic E-state index is 0.0753. The molecule has 4 heteroatoms. The molecule has 1 aliphatic heterocycles. The zero-order valence-electron chi connectivity index (χ0n) is 16.7. The van der Waals surface area contributed by atoms with Crippen molar-refractivity contribution in [2.75, 3.05) is 19.6 Å². The molecule has 1 heterocycles. The number of carbonyl (C=O) groups is 2. The standard InChI is InChI=1S/C23H34N2O2/c1-2-3-4-18-7-9-20(10-8-18)22(26)11-12-23(27)25-15-13-21(14-16-25)24-17-19-5-6-19/h7-10,19,21,24H,2-6,11-17H2,1H3. The fraction of sp³-hybridized carbons (Fsp3) is 0.652. The van der Waals surface area contributed by atoms with E-state index < -0.39 is 0 Å². The summed E-state index contributed by atoms with van der Waals surface area (Å²) in [5.74, 6) is 1.10. The third-order valence-corrected chi connectivity index (χ3v) is 5.90. The number of likely N-dealkylation sites (tertiary alicyclic amines) is 1. The second-order valence-electron chi connectivity index (χ2n) is 8.23. The van der Waals surface area contributed by atoms with Crippen LogP contribution in [0.3, 0.4) is 0 Å². The summed E-state index contributed by atoms with van der Waals surface area (Å²) in [5.41, 5.74) is 2.01. The number of amides is 1. The van der Waals surface area contributed by atoms with Crippen molar-refractivity contribution in [3.63, 3.8) is 0 Å². The van der Waals surface area contributed by atoms with Gasteiger partial charge in [-0.2, -0.15) is 0 Å². The maximum Gasteiger partial charge on any atom is 0.223 e. The Kier molecular flexibility index (Phi) is 7.45. The van der Waals surface area contributed by atoms with Gasteiger partial charge < -0.3 is 10.2 Å². The van der Waals surface area contributed by atoms with Gasteiger partial charge >= 0.3 is 0 Å². The number of piperidine rings is 1. The maximum atomic E-state index is 12.4. The molecule has 2 fully saturated rings. The normalized spacial score (nSPS) is 17.9. The van der Waals surface area contributed by atoms with Gasteiger partial charge in [0.05, 0.1) is 0 Å². The van der Waals surface area contributed by atoms with E-state index in [1.165, 1.54) is 31.2 Å². The van der Waals surface area contributed by atoms with Crippen LogP contribution in [0.5, 0.6) is 0 Å². The van der Waals surface area contributed by atoms with Gasteiger partial charge in [0.2, 0.25) is 5.91 Å². The van der Waals surface area contributed by atoms with Gasteiger partial charge in [-0.1, -0.05) is 37.6 Å². The number of nitrogens with zero attached hydrogens (tertiary/aromatic N) is 1. The Hall–Kier alpha value is -1.68. The van der Waals surface area contributed by atoms with Crippen LogP contribution in [0.25, 0.3) is 0 Å². The van der Waals surface area contributed by atoms with Crippen LogP contribution in [0.1, 0.15) is 74.2 Å². The van der Waals surface area contributed by atoms with E-state index in [1.54, 1.807) is 0 Å². The highest BCUT2D eigenvalue weighted by atomic mass is 16.2. The van der Waals surface area contributed by atoms with Crippen molar-refractivity contribution in [2.24, 2.45) is 5.92 Å². The van der Waals surface area contributed by atoms with Crippen LogP contribution in [-0.4, -0.2) is 42.3 Å².